The SMILES string of the molecule is CCc1nn(C)c(NC(=O)Cn2nc3ccccc3n2)c1CC. The zero-order chi connectivity index (χ0) is 16.4. The van der Waals surface area contributed by atoms with Crippen LogP contribution in [0, 0.1) is 0 Å². The second-order valence-corrected chi connectivity index (χ2v) is 5.37. The molecule has 0 aliphatic heterocycles. The third-order valence-electron chi connectivity index (χ3n) is 3.79. The van der Waals surface area contributed by atoms with Crippen LogP contribution in [0.3, 0.4) is 0 Å². The van der Waals surface area contributed by atoms with Gasteiger partial charge in [-0.3, -0.25) is 9.48 Å². The van der Waals surface area contributed by atoms with Gasteiger partial charge in [0.2, 0.25) is 5.91 Å². The number of nitrogens with one attached hydrogen (secondary N) is 1. The standard InChI is InChI=1S/C16H20N6O/c1-4-11-12(5-2)18-21(3)16(11)17-15(23)10-22-19-13-8-6-7-9-14(13)20-22/h6-9H,4-5,10H2,1-3H3,(H,17,23). The molecule has 120 valence electrons. The van der Waals surface area contributed by atoms with Gasteiger partial charge in [-0.2, -0.15) is 20.1 Å². The van der Waals surface area contributed by atoms with E-state index in [0.29, 0.717) is 0 Å². The summed E-state index contributed by atoms with van der Waals surface area (Å²) in [6.45, 7) is 4.20. The lowest BCUT2D eigenvalue weighted by atomic mass is 10.1. The summed E-state index contributed by atoms with van der Waals surface area (Å²) in [4.78, 5) is 13.7. The van der Waals surface area contributed by atoms with Crippen LogP contribution < -0.4 is 5.32 Å². The zero-order valence-corrected chi connectivity index (χ0v) is 13.6. The number of fused-ring (bicyclic) bond motifs is 1. The van der Waals surface area contributed by atoms with Gasteiger partial charge in [0.1, 0.15) is 23.4 Å². The Hall–Kier alpha value is -2.70. The molecule has 0 saturated carbocycles. The molecule has 23 heavy (non-hydrogen) atoms. The van der Waals surface area contributed by atoms with Crippen molar-refractivity contribution in [3.05, 3.63) is 35.5 Å². The van der Waals surface area contributed by atoms with E-state index in [9.17, 15) is 4.79 Å². The van der Waals surface area contributed by atoms with Crippen molar-refractivity contribution in [2.45, 2.75) is 33.2 Å². The Morgan fingerprint density at radius 3 is 2.30 bits per heavy atom. The number of benzene rings is 1. The number of rotatable bonds is 5. The molecule has 7 nitrogen and oxygen atoms in total. The number of carbonyl (C=O) groups is 1. The Morgan fingerprint density at radius 1 is 1.09 bits per heavy atom. The molecule has 0 atom stereocenters. The smallest absolute Gasteiger partial charge is 0.249 e. The van der Waals surface area contributed by atoms with Crippen LogP contribution in [0.1, 0.15) is 25.1 Å². The highest BCUT2D eigenvalue weighted by atomic mass is 16.2. The van der Waals surface area contributed by atoms with Crippen molar-refractivity contribution in [3.63, 3.8) is 0 Å². The maximum Gasteiger partial charge on any atom is 0.249 e. The third-order valence-corrected chi connectivity index (χ3v) is 3.79. The molecule has 0 saturated heterocycles. The molecule has 1 aromatic carbocycles. The first-order valence-electron chi connectivity index (χ1n) is 7.76. The Bertz CT molecular complexity index is 814. The van der Waals surface area contributed by atoms with Gasteiger partial charge < -0.3 is 5.32 Å². The van der Waals surface area contributed by atoms with Crippen LogP contribution in [0.2, 0.25) is 0 Å². The van der Waals surface area contributed by atoms with Gasteiger partial charge in [-0.05, 0) is 25.0 Å². The van der Waals surface area contributed by atoms with Gasteiger partial charge in [0.15, 0.2) is 0 Å². The van der Waals surface area contributed by atoms with Crippen molar-refractivity contribution < 1.29 is 4.79 Å². The number of hydrogen-bond donors (Lipinski definition) is 1. The summed E-state index contributed by atoms with van der Waals surface area (Å²) in [7, 11) is 1.84. The van der Waals surface area contributed by atoms with Crippen LogP contribution in [-0.4, -0.2) is 30.7 Å². The topological polar surface area (TPSA) is 77.6 Å². The van der Waals surface area contributed by atoms with Crippen molar-refractivity contribution in [2.75, 3.05) is 5.32 Å². The van der Waals surface area contributed by atoms with E-state index in [4.69, 9.17) is 0 Å². The van der Waals surface area contributed by atoms with Crippen LogP contribution in [0.25, 0.3) is 11.0 Å². The molecule has 3 rings (SSSR count). The molecule has 0 fully saturated rings. The fourth-order valence-corrected chi connectivity index (χ4v) is 2.71. The lowest BCUT2D eigenvalue weighted by Crippen LogP contribution is -2.22. The van der Waals surface area contributed by atoms with E-state index in [0.717, 1.165) is 41.0 Å². The molecule has 3 aromatic rings. The van der Waals surface area contributed by atoms with Gasteiger partial charge in [0.25, 0.3) is 0 Å². The van der Waals surface area contributed by atoms with Gasteiger partial charge in [-0.15, -0.1) is 0 Å². The lowest BCUT2D eigenvalue weighted by Gasteiger charge is -2.07. The minimum absolute atomic E-state index is 0.0739. The second kappa shape index (κ2) is 6.20. The zero-order valence-electron chi connectivity index (χ0n) is 13.6. The fraction of sp³-hybridized carbons (Fsp3) is 0.375. The minimum atomic E-state index is -0.161. The molecule has 1 N–H and O–H groups in total. The highest BCUT2D eigenvalue weighted by Gasteiger charge is 2.16. The quantitative estimate of drug-likeness (QED) is 0.781. The normalized spacial score (nSPS) is 11.1. The first-order chi connectivity index (χ1) is 11.1. The molecule has 0 spiro atoms. The average molecular weight is 312 g/mol. The van der Waals surface area contributed by atoms with Crippen molar-refractivity contribution >= 4 is 22.8 Å². The monoisotopic (exact) mass is 312 g/mol. The van der Waals surface area contributed by atoms with Crippen molar-refractivity contribution in [1.82, 2.24) is 24.8 Å². The van der Waals surface area contributed by atoms with Crippen LogP contribution in [0.15, 0.2) is 24.3 Å². The van der Waals surface area contributed by atoms with Crippen molar-refractivity contribution in [2.24, 2.45) is 7.05 Å². The molecular weight excluding hydrogens is 292 g/mol. The fourth-order valence-electron chi connectivity index (χ4n) is 2.71. The Kier molecular flexibility index (Phi) is 4.10. The molecule has 7 heteroatoms. The number of amides is 1. The summed E-state index contributed by atoms with van der Waals surface area (Å²) < 4.78 is 1.72. The summed E-state index contributed by atoms with van der Waals surface area (Å²) in [5.41, 5.74) is 3.67. The Balaban J connectivity index is 1.78. The van der Waals surface area contributed by atoms with Crippen molar-refractivity contribution in [3.8, 4) is 0 Å². The van der Waals surface area contributed by atoms with E-state index in [1.807, 2.05) is 31.3 Å². The second-order valence-electron chi connectivity index (χ2n) is 5.37. The van der Waals surface area contributed by atoms with Crippen LogP contribution in [0.4, 0.5) is 5.82 Å². The Labute approximate surface area is 134 Å². The third kappa shape index (κ3) is 2.94. The van der Waals surface area contributed by atoms with Gasteiger partial charge in [0.05, 0.1) is 5.69 Å². The largest absolute Gasteiger partial charge is 0.309 e. The molecule has 1 amide bonds. The number of aromatic nitrogens is 5. The van der Waals surface area contributed by atoms with Crippen LogP contribution >= 0.6 is 0 Å². The lowest BCUT2D eigenvalue weighted by molar-refractivity contribution is -0.117. The molecule has 0 radical (unpaired) electrons. The number of hydrogen-bond acceptors (Lipinski definition) is 4. The molecule has 0 aliphatic rings. The molecule has 2 aromatic heterocycles. The summed E-state index contributed by atoms with van der Waals surface area (Å²) >= 11 is 0. The van der Waals surface area contributed by atoms with E-state index in [2.05, 4.69) is 34.5 Å². The van der Waals surface area contributed by atoms with Gasteiger partial charge in [0, 0.05) is 12.6 Å². The van der Waals surface area contributed by atoms with Crippen LogP contribution in [0.5, 0.6) is 0 Å². The molecule has 0 aliphatic carbocycles. The summed E-state index contributed by atoms with van der Waals surface area (Å²) in [5, 5.41) is 16.0. The summed E-state index contributed by atoms with van der Waals surface area (Å²) in [6, 6.07) is 7.55. The molecule has 0 unspecified atom stereocenters. The first kappa shape index (κ1) is 15.2. The number of anilines is 1. The summed E-state index contributed by atoms with van der Waals surface area (Å²) in [6.07, 6.45) is 1.68. The maximum atomic E-state index is 12.3. The van der Waals surface area contributed by atoms with Crippen molar-refractivity contribution in [1.29, 1.82) is 0 Å². The number of nitrogens with zero attached hydrogens (tertiary/aromatic N) is 5. The molecular formula is C16H20N6O. The van der Waals surface area contributed by atoms with E-state index in [-0.39, 0.29) is 12.5 Å². The van der Waals surface area contributed by atoms with E-state index in [1.165, 1.54) is 4.80 Å². The van der Waals surface area contributed by atoms with Gasteiger partial charge >= 0.3 is 0 Å². The van der Waals surface area contributed by atoms with E-state index in [1.54, 1.807) is 4.68 Å². The molecule has 0 bridgehead atoms. The summed E-state index contributed by atoms with van der Waals surface area (Å²) in [5.74, 6) is 0.594. The van der Waals surface area contributed by atoms with Gasteiger partial charge in [-0.1, -0.05) is 26.0 Å². The van der Waals surface area contributed by atoms with Crippen LogP contribution in [-0.2, 0) is 31.2 Å². The predicted molar refractivity (Wildman–Crippen MR) is 88.1 cm³/mol. The predicted octanol–water partition coefficient (Wildman–Crippen LogP) is 1.93. The maximum absolute atomic E-state index is 12.3. The Morgan fingerprint density at radius 2 is 1.74 bits per heavy atom. The number of aryl methyl sites for hydroxylation is 2. The highest BCUT2D eigenvalue weighted by molar-refractivity contribution is 5.90. The van der Waals surface area contributed by atoms with E-state index >= 15 is 0 Å². The average Bonchev–Trinajstić information content (AvgIpc) is 3.07. The highest BCUT2D eigenvalue weighted by Crippen LogP contribution is 2.20. The minimum Gasteiger partial charge on any atom is -0.309 e. The molecule has 2 heterocycles. The number of carbonyl (C=O) groups excluding carboxylic acids is 1. The first-order valence-corrected chi connectivity index (χ1v) is 7.76. The van der Waals surface area contributed by atoms with Gasteiger partial charge in [-0.25, -0.2) is 0 Å². The van der Waals surface area contributed by atoms with E-state index < -0.39 is 0 Å².